The topological polar surface area (TPSA) is 38.3 Å². The Morgan fingerprint density at radius 1 is 1.05 bits per heavy atom. The molecule has 0 aliphatic rings. The molecule has 22 heavy (non-hydrogen) atoms. The lowest BCUT2D eigenvalue weighted by Crippen LogP contribution is -2.24. The van der Waals surface area contributed by atoms with Crippen LogP contribution in [0.2, 0.25) is 0 Å². The van der Waals surface area contributed by atoms with Crippen LogP contribution in [0.15, 0.2) is 54.6 Å². The number of nitrogens with one attached hydrogen (secondary N) is 1. The summed E-state index contributed by atoms with van der Waals surface area (Å²) in [7, 11) is 1.33. The predicted molar refractivity (Wildman–Crippen MR) is 76.3 cm³/mol. The van der Waals surface area contributed by atoms with Gasteiger partial charge in [-0.25, -0.2) is 0 Å². The standard InChI is InChI=1S/C16H14F3NO2/c1-22-14(11-7-3-2-4-8-11)15(21)20-13-10-6-5-9-12(13)16(17,18)19/h2-10,14H,1H3,(H,20,21)/t14-/m0/s1. The van der Waals surface area contributed by atoms with Crippen molar-refractivity contribution in [2.45, 2.75) is 12.3 Å². The van der Waals surface area contributed by atoms with Gasteiger partial charge in [0.2, 0.25) is 0 Å². The van der Waals surface area contributed by atoms with Gasteiger partial charge in [-0.15, -0.1) is 0 Å². The number of alkyl halides is 3. The third kappa shape index (κ3) is 3.65. The molecule has 116 valence electrons. The van der Waals surface area contributed by atoms with Crippen molar-refractivity contribution in [2.75, 3.05) is 12.4 Å². The molecular weight excluding hydrogens is 295 g/mol. The number of halogens is 3. The molecule has 0 aromatic heterocycles. The maximum Gasteiger partial charge on any atom is 0.418 e. The Hall–Kier alpha value is -2.34. The molecule has 0 spiro atoms. The molecule has 0 fully saturated rings. The van der Waals surface area contributed by atoms with E-state index in [9.17, 15) is 18.0 Å². The monoisotopic (exact) mass is 309 g/mol. The highest BCUT2D eigenvalue weighted by molar-refractivity contribution is 5.95. The molecule has 0 saturated heterocycles. The van der Waals surface area contributed by atoms with E-state index in [4.69, 9.17) is 4.74 Å². The van der Waals surface area contributed by atoms with Crippen LogP contribution in [0.25, 0.3) is 0 Å². The maximum absolute atomic E-state index is 12.9. The first-order chi connectivity index (χ1) is 10.4. The lowest BCUT2D eigenvalue weighted by Gasteiger charge is -2.18. The zero-order valence-electron chi connectivity index (χ0n) is 11.7. The van der Waals surface area contributed by atoms with Gasteiger partial charge in [0.15, 0.2) is 6.10 Å². The lowest BCUT2D eigenvalue weighted by molar-refractivity contribution is -0.137. The normalized spacial score (nSPS) is 12.7. The summed E-state index contributed by atoms with van der Waals surface area (Å²) >= 11 is 0. The third-order valence-electron chi connectivity index (χ3n) is 3.07. The van der Waals surface area contributed by atoms with E-state index < -0.39 is 23.8 Å². The Morgan fingerprint density at radius 2 is 1.64 bits per heavy atom. The Balaban J connectivity index is 2.25. The summed E-state index contributed by atoms with van der Waals surface area (Å²) in [5, 5.41) is 2.28. The van der Waals surface area contributed by atoms with Gasteiger partial charge in [0.1, 0.15) is 0 Å². The number of rotatable bonds is 4. The van der Waals surface area contributed by atoms with Crippen LogP contribution >= 0.6 is 0 Å². The van der Waals surface area contributed by atoms with E-state index in [1.54, 1.807) is 30.3 Å². The second-order valence-electron chi connectivity index (χ2n) is 4.56. The summed E-state index contributed by atoms with van der Waals surface area (Å²) in [5.74, 6) is -0.662. The van der Waals surface area contributed by atoms with Gasteiger partial charge in [-0.05, 0) is 17.7 Å². The van der Waals surface area contributed by atoms with Crippen molar-refractivity contribution < 1.29 is 22.7 Å². The van der Waals surface area contributed by atoms with Crippen molar-refractivity contribution >= 4 is 11.6 Å². The highest BCUT2D eigenvalue weighted by Crippen LogP contribution is 2.35. The molecule has 2 aromatic rings. The summed E-state index contributed by atoms with van der Waals surface area (Å²) in [4.78, 5) is 12.2. The van der Waals surface area contributed by atoms with Gasteiger partial charge < -0.3 is 10.1 Å². The Bertz CT molecular complexity index is 641. The lowest BCUT2D eigenvalue weighted by atomic mass is 10.1. The number of ether oxygens (including phenoxy) is 1. The number of carbonyl (C=O) groups is 1. The van der Waals surface area contributed by atoms with Crippen LogP contribution in [-0.4, -0.2) is 13.0 Å². The number of methoxy groups -OCH3 is 1. The van der Waals surface area contributed by atoms with E-state index in [0.29, 0.717) is 5.56 Å². The average Bonchev–Trinajstić information content (AvgIpc) is 2.48. The number of para-hydroxylation sites is 1. The van der Waals surface area contributed by atoms with E-state index in [-0.39, 0.29) is 5.69 Å². The van der Waals surface area contributed by atoms with Crippen LogP contribution in [-0.2, 0) is 15.7 Å². The molecule has 0 aliphatic heterocycles. The highest BCUT2D eigenvalue weighted by atomic mass is 19.4. The van der Waals surface area contributed by atoms with E-state index >= 15 is 0 Å². The first kappa shape index (κ1) is 16.0. The van der Waals surface area contributed by atoms with Gasteiger partial charge in [0, 0.05) is 7.11 Å². The fourth-order valence-corrected chi connectivity index (χ4v) is 2.06. The second kappa shape index (κ2) is 6.62. The first-order valence-corrected chi connectivity index (χ1v) is 6.48. The van der Waals surface area contributed by atoms with Crippen molar-refractivity contribution in [3.8, 4) is 0 Å². The molecule has 0 heterocycles. The zero-order chi connectivity index (χ0) is 16.2. The fourth-order valence-electron chi connectivity index (χ4n) is 2.06. The van der Waals surface area contributed by atoms with Gasteiger partial charge in [-0.1, -0.05) is 42.5 Å². The molecule has 1 N–H and O–H groups in total. The highest BCUT2D eigenvalue weighted by Gasteiger charge is 2.34. The first-order valence-electron chi connectivity index (χ1n) is 6.48. The molecule has 1 amide bonds. The number of hydrogen-bond acceptors (Lipinski definition) is 2. The molecule has 3 nitrogen and oxygen atoms in total. The number of anilines is 1. The van der Waals surface area contributed by atoms with E-state index in [0.717, 1.165) is 6.07 Å². The molecule has 0 bridgehead atoms. The molecule has 1 atom stereocenters. The molecule has 0 unspecified atom stereocenters. The number of carbonyl (C=O) groups excluding carboxylic acids is 1. The molecule has 0 radical (unpaired) electrons. The molecule has 0 saturated carbocycles. The van der Waals surface area contributed by atoms with Crippen LogP contribution in [0.1, 0.15) is 17.2 Å². The van der Waals surface area contributed by atoms with E-state index in [2.05, 4.69) is 5.32 Å². The Labute approximate surface area is 125 Å². The number of amides is 1. The minimum atomic E-state index is -4.54. The SMILES string of the molecule is CO[C@H](C(=O)Nc1ccccc1C(F)(F)F)c1ccccc1. The quantitative estimate of drug-likeness (QED) is 0.926. The molecule has 2 rings (SSSR count). The molecular formula is C16H14F3NO2. The summed E-state index contributed by atoms with van der Waals surface area (Å²) in [6.07, 6.45) is -5.53. The van der Waals surface area contributed by atoms with Crippen molar-refractivity contribution in [3.63, 3.8) is 0 Å². The zero-order valence-corrected chi connectivity index (χ0v) is 11.7. The second-order valence-corrected chi connectivity index (χ2v) is 4.56. The van der Waals surface area contributed by atoms with E-state index in [1.165, 1.54) is 25.3 Å². The van der Waals surface area contributed by atoms with Crippen molar-refractivity contribution in [3.05, 3.63) is 65.7 Å². The van der Waals surface area contributed by atoms with Crippen molar-refractivity contribution in [1.29, 1.82) is 0 Å². The maximum atomic E-state index is 12.9. The molecule has 2 aromatic carbocycles. The summed E-state index contributed by atoms with van der Waals surface area (Å²) in [6.45, 7) is 0. The predicted octanol–water partition coefficient (Wildman–Crippen LogP) is 4.03. The van der Waals surface area contributed by atoms with Gasteiger partial charge in [-0.2, -0.15) is 13.2 Å². The smallest absolute Gasteiger partial charge is 0.367 e. The van der Waals surface area contributed by atoms with Gasteiger partial charge in [0.25, 0.3) is 5.91 Å². The van der Waals surface area contributed by atoms with Crippen LogP contribution in [0.4, 0.5) is 18.9 Å². The Kier molecular flexibility index (Phi) is 4.82. The minimum absolute atomic E-state index is 0.294. The molecule has 6 heteroatoms. The number of benzene rings is 2. The fraction of sp³-hybridized carbons (Fsp3) is 0.188. The summed E-state index contributed by atoms with van der Waals surface area (Å²) < 4.78 is 43.9. The minimum Gasteiger partial charge on any atom is -0.367 e. The van der Waals surface area contributed by atoms with Gasteiger partial charge in [-0.3, -0.25) is 4.79 Å². The van der Waals surface area contributed by atoms with Crippen molar-refractivity contribution in [1.82, 2.24) is 0 Å². The van der Waals surface area contributed by atoms with E-state index in [1.807, 2.05) is 0 Å². The van der Waals surface area contributed by atoms with Crippen LogP contribution < -0.4 is 5.32 Å². The number of hydrogen-bond donors (Lipinski definition) is 1. The van der Waals surface area contributed by atoms with Gasteiger partial charge >= 0.3 is 6.18 Å². The summed E-state index contributed by atoms with van der Waals surface area (Å²) in [5.41, 5.74) is -0.628. The van der Waals surface area contributed by atoms with Crippen LogP contribution in [0.5, 0.6) is 0 Å². The van der Waals surface area contributed by atoms with Gasteiger partial charge in [0.05, 0.1) is 11.3 Å². The third-order valence-corrected chi connectivity index (χ3v) is 3.07. The van der Waals surface area contributed by atoms with Crippen LogP contribution in [0.3, 0.4) is 0 Å². The van der Waals surface area contributed by atoms with Crippen molar-refractivity contribution in [2.24, 2.45) is 0 Å². The largest absolute Gasteiger partial charge is 0.418 e. The van der Waals surface area contributed by atoms with Crippen LogP contribution in [0, 0.1) is 0 Å². The Morgan fingerprint density at radius 3 is 2.23 bits per heavy atom. The molecule has 0 aliphatic carbocycles. The average molecular weight is 309 g/mol. The summed E-state index contributed by atoms with van der Waals surface area (Å²) in [6, 6.07) is 13.4.